The molecular formula is C17H13ClFN3OS. The molecule has 24 heavy (non-hydrogen) atoms. The maximum absolute atomic E-state index is 14.1. The molecule has 0 radical (unpaired) electrons. The second-order valence-electron chi connectivity index (χ2n) is 4.87. The quantitative estimate of drug-likeness (QED) is 0.483. The molecule has 0 saturated heterocycles. The summed E-state index contributed by atoms with van der Waals surface area (Å²) in [5.41, 5.74) is 3.92. The first kappa shape index (κ1) is 16.4. The van der Waals surface area contributed by atoms with Crippen molar-refractivity contribution in [3.8, 4) is 11.5 Å². The number of nitrogens with one attached hydrogen (secondary N) is 1. The standard InChI is InChI=1S/C17H13ClFN3OS/c1-11-10-24-17(21-11)22-20-9-14-15(19)3-2-4-16(14)23-13-7-5-12(18)6-8-13/h2-10H,1H3,(H,21,22). The molecule has 0 amide bonds. The number of thiazole rings is 1. The molecule has 4 nitrogen and oxygen atoms in total. The second-order valence-corrected chi connectivity index (χ2v) is 6.17. The van der Waals surface area contributed by atoms with Crippen molar-refractivity contribution in [2.75, 3.05) is 5.43 Å². The van der Waals surface area contributed by atoms with Gasteiger partial charge in [0.15, 0.2) is 0 Å². The van der Waals surface area contributed by atoms with Crippen LogP contribution >= 0.6 is 22.9 Å². The average molecular weight is 362 g/mol. The summed E-state index contributed by atoms with van der Waals surface area (Å²) in [5, 5.41) is 7.18. The number of anilines is 1. The van der Waals surface area contributed by atoms with Crippen molar-refractivity contribution in [1.82, 2.24) is 4.98 Å². The lowest BCUT2D eigenvalue weighted by Gasteiger charge is -2.09. The second kappa shape index (κ2) is 7.42. The minimum atomic E-state index is -0.428. The fraction of sp³-hybridized carbons (Fsp3) is 0.0588. The van der Waals surface area contributed by atoms with Crippen molar-refractivity contribution in [2.45, 2.75) is 6.92 Å². The van der Waals surface area contributed by atoms with Crippen molar-refractivity contribution in [3.05, 3.63) is 69.9 Å². The lowest BCUT2D eigenvalue weighted by atomic mass is 10.2. The lowest BCUT2D eigenvalue weighted by Crippen LogP contribution is -1.97. The molecule has 7 heteroatoms. The van der Waals surface area contributed by atoms with Crippen LogP contribution in [0.5, 0.6) is 11.5 Å². The number of benzene rings is 2. The molecule has 0 spiro atoms. The van der Waals surface area contributed by atoms with E-state index >= 15 is 0 Å². The molecule has 1 N–H and O–H groups in total. The van der Waals surface area contributed by atoms with E-state index in [-0.39, 0.29) is 5.56 Å². The normalized spacial score (nSPS) is 11.0. The molecule has 0 fully saturated rings. The third kappa shape index (κ3) is 4.10. The number of aromatic nitrogens is 1. The molecule has 122 valence electrons. The molecule has 1 aromatic heterocycles. The summed E-state index contributed by atoms with van der Waals surface area (Å²) >= 11 is 7.27. The Kier molecular flexibility index (Phi) is 5.08. The average Bonchev–Trinajstić information content (AvgIpc) is 2.97. The summed E-state index contributed by atoms with van der Waals surface area (Å²) in [6.45, 7) is 1.89. The van der Waals surface area contributed by atoms with Gasteiger partial charge in [0.2, 0.25) is 5.13 Å². The Hall–Kier alpha value is -2.44. The van der Waals surface area contributed by atoms with Crippen LogP contribution in [0.15, 0.2) is 52.9 Å². The van der Waals surface area contributed by atoms with Crippen LogP contribution in [0.1, 0.15) is 11.3 Å². The zero-order valence-corrected chi connectivity index (χ0v) is 14.2. The SMILES string of the molecule is Cc1csc(NN=Cc2c(F)cccc2Oc2ccc(Cl)cc2)n1. The van der Waals surface area contributed by atoms with Gasteiger partial charge in [-0.25, -0.2) is 9.37 Å². The number of aryl methyl sites for hydroxylation is 1. The van der Waals surface area contributed by atoms with Crippen molar-refractivity contribution < 1.29 is 9.13 Å². The van der Waals surface area contributed by atoms with Gasteiger partial charge in [-0.2, -0.15) is 5.10 Å². The Morgan fingerprint density at radius 2 is 2.04 bits per heavy atom. The first-order chi connectivity index (χ1) is 11.6. The van der Waals surface area contributed by atoms with E-state index in [1.807, 2.05) is 12.3 Å². The van der Waals surface area contributed by atoms with Crippen molar-refractivity contribution >= 4 is 34.3 Å². The molecule has 0 atom stereocenters. The highest BCUT2D eigenvalue weighted by atomic mass is 35.5. The molecule has 0 saturated carbocycles. The van der Waals surface area contributed by atoms with Gasteiger partial charge in [-0.3, -0.25) is 5.43 Å². The molecule has 0 unspecified atom stereocenters. The van der Waals surface area contributed by atoms with E-state index in [1.165, 1.54) is 23.6 Å². The van der Waals surface area contributed by atoms with Crippen LogP contribution < -0.4 is 10.2 Å². The van der Waals surface area contributed by atoms with Crippen LogP contribution in [0.2, 0.25) is 5.02 Å². The van der Waals surface area contributed by atoms with E-state index in [0.29, 0.717) is 21.7 Å². The number of halogens is 2. The number of hydrogen-bond acceptors (Lipinski definition) is 5. The molecule has 1 heterocycles. The first-order valence-corrected chi connectivity index (χ1v) is 8.31. The van der Waals surface area contributed by atoms with Gasteiger partial charge >= 0.3 is 0 Å². The van der Waals surface area contributed by atoms with Crippen LogP contribution in [0.25, 0.3) is 0 Å². The van der Waals surface area contributed by atoms with E-state index in [9.17, 15) is 4.39 Å². The first-order valence-electron chi connectivity index (χ1n) is 7.05. The summed E-state index contributed by atoms with van der Waals surface area (Å²) in [7, 11) is 0. The molecular weight excluding hydrogens is 349 g/mol. The molecule has 2 aromatic carbocycles. The van der Waals surface area contributed by atoms with Crippen molar-refractivity contribution in [3.63, 3.8) is 0 Å². The van der Waals surface area contributed by atoms with Gasteiger partial charge in [-0.15, -0.1) is 11.3 Å². The monoisotopic (exact) mass is 361 g/mol. The minimum Gasteiger partial charge on any atom is -0.457 e. The topological polar surface area (TPSA) is 46.5 Å². The number of hydrogen-bond donors (Lipinski definition) is 1. The lowest BCUT2D eigenvalue weighted by molar-refractivity contribution is 0.475. The van der Waals surface area contributed by atoms with E-state index in [0.717, 1.165) is 5.69 Å². The number of hydrazone groups is 1. The summed E-state index contributed by atoms with van der Waals surface area (Å²) < 4.78 is 19.8. The molecule has 3 aromatic rings. The van der Waals surface area contributed by atoms with Crippen molar-refractivity contribution in [1.29, 1.82) is 0 Å². The zero-order valence-electron chi connectivity index (χ0n) is 12.7. The number of ether oxygens (including phenoxy) is 1. The Morgan fingerprint density at radius 3 is 2.75 bits per heavy atom. The summed E-state index contributed by atoms with van der Waals surface area (Å²) in [6.07, 6.45) is 1.37. The van der Waals surface area contributed by atoms with E-state index < -0.39 is 5.82 Å². The van der Waals surface area contributed by atoms with Gasteiger partial charge in [0.1, 0.15) is 17.3 Å². The van der Waals surface area contributed by atoms with Crippen LogP contribution in [-0.2, 0) is 0 Å². The Bertz CT molecular complexity index is 865. The third-order valence-corrected chi connectivity index (χ3v) is 4.14. The van der Waals surface area contributed by atoms with Gasteiger partial charge < -0.3 is 4.74 Å². The molecule has 0 bridgehead atoms. The fourth-order valence-corrected chi connectivity index (χ4v) is 2.68. The fourth-order valence-electron chi connectivity index (χ4n) is 1.92. The molecule has 0 aliphatic heterocycles. The van der Waals surface area contributed by atoms with Crippen LogP contribution in [0.3, 0.4) is 0 Å². The predicted octanol–water partition coefficient (Wildman–Crippen LogP) is 5.48. The highest BCUT2D eigenvalue weighted by Crippen LogP contribution is 2.27. The van der Waals surface area contributed by atoms with Gasteiger partial charge in [0.25, 0.3) is 0 Å². The van der Waals surface area contributed by atoms with E-state index in [1.54, 1.807) is 36.4 Å². The number of nitrogens with zero attached hydrogens (tertiary/aromatic N) is 2. The van der Waals surface area contributed by atoms with Crippen LogP contribution in [0.4, 0.5) is 9.52 Å². The largest absolute Gasteiger partial charge is 0.457 e. The van der Waals surface area contributed by atoms with Gasteiger partial charge in [0, 0.05) is 10.4 Å². The van der Waals surface area contributed by atoms with E-state index in [4.69, 9.17) is 16.3 Å². The zero-order chi connectivity index (χ0) is 16.9. The van der Waals surface area contributed by atoms with Gasteiger partial charge in [-0.05, 0) is 43.3 Å². The summed E-state index contributed by atoms with van der Waals surface area (Å²) in [5.74, 6) is 0.490. The predicted molar refractivity (Wildman–Crippen MR) is 96.0 cm³/mol. The number of rotatable bonds is 5. The minimum absolute atomic E-state index is 0.244. The van der Waals surface area contributed by atoms with Gasteiger partial charge in [0.05, 0.1) is 17.5 Å². The smallest absolute Gasteiger partial charge is 0.203 e. The summed E-state index contributed by atoms with van der Waals surface area (Å²) in [6, 6.07) is 11.4. The third-order valence-electron chi connectivity index (χ3n) is 3.03. The van der Waals surface area contributed by atoms with Crippen LogP contribution in [0, 0.1) is 12.7 Å². The highest BCUT2D eigenvalue weighted by Gasteiger charge is 2.09. The van der Waals surface area contributed by atoms with Crippen LogP contribution in [-0.4, -0.2) is 11.2 Å². The Morgan fingerprint density at radius 1 is 1.25 bits per heavy atom. The highest BCUT2D eigenvalue weighted by molar-refractivity contribution is 7.13. The molecule has 3 rings (SSSR count). The van der Waals surface area contributed by atoms with Gasteiger partial charge in [-0.1, -0.05) is 17.7 Å². The van der Waals surface area contributed by atoms with Crippen molar-refractivity contribution in [2.24, 2.45) is 5.10 Å². The summed E-state index contributed by atoms with van der Waals surface area (Å²) in [4.78, 5) is 4.22. The van der Waals surface area contributed by atoms with E-state index in [2.05, 4.69) is 15.5 Å². The maximum atomic E-state index is 14.1. The molecule has 0 aliphatic carbocycles. The Labute approximate surface area is 147 Å². The Balaban J connectivity index is 1.80. The maximum Gasteiger partial charge on any atom is 0.203 e. The molecule has 0 aliphatic rings.